The van der Waals surface area contributed by atoms with E-state index in [-0.39, 0.29) is 5.91 Å². The van der Waals surface area contributed by atoms with E-state index in [2.05, 4.69) is 92.5 Å². The Labute approximate surface area is 193 Å². The summed E-state index contributed by atoms with van der Waals surface area (Å²) in [5, 5.41) is 2.82. The highest BCUT2D eigenvalue weighted by molar-refractivity contribution is 5.86. The fraction of sp³-hybridized carbons (Fsp3) is 0.300. The zero-order valence-corrected chi connectivity index (χ0v) is 19.5. The van der Waals surface area contributed by atoms with Crippen LogP contribution in [-0.4, -0.2) is 12.5 Å². The summed E-state index contributed by atoms with van der Waals surface area (Å²) in [5.41, 5.74) is 9.07. The normalized spacial score (nSPS) is 10.7. The maximum Gasteiger partial charge on any atom is 0.243 e. The molecule has 0 aliphatic carbocycles. The third-order valence-corrected chi connectivity index (χ3v) is 5.97. The minimum atomic E-state index is -0.109. The Morgan fingerprint density at radius 2 is 1.41 bits per heavy atom. The van der Waals surface area contributed by atoms with E-state index in [1.165, 1.54) is 70.7 Å². The summed E-state index contributed by atoms with van der Waals surface area (Å²) < 4.78 is 0. The second kappa shape index (κ2) is 12.0. The Bertz CT molecular complexity index is 1020. The molecular weight excluding hydrogens is 390 g/mol. The van der Waals surface area contributed by atoms with E-state index < -0.39 is 0 Å². The summed E-state index contributed by atoms with van der Waals surface area (Å²) in [5.74, 6) is -0.109. The maximum atomic E-state index is 11.2. The van der Waals surface area contributed by atoms with Crippen molar-refractivity contribution in [2.24, 2.45) is 0 Å². The van der Waals surface area contributed by atoms with Crippen LogP contribution in [0.4, 0.5) is 0 Å². The molecule has 0 atom stereocenters. The number of aryl methyl sites for hydroxylation is 3. The average Bonchev–Trinajstić information content (AvgIpc) is 2.83. The Hall–Kier alpha value is -3.13. The molecular formula is C30H35NO. The van der Waals surface area contributed by atoms with Gasteiger partial charge in [0.2, 0.25) is 5.91 Å². The van der Waals surface area contributed by atoms with Crippen LogP contribution < -0.4 is 5.32 Å². The molecule has 0 unspecified atom stereocenters. The summed E-state index contributed by atoms with van der Waals surface area (Å²) in [7, 11) is 0. The molecule has 0 spiro atoms. The molecule has 0 saturated carbocycles. The van der Waals surface area contributed by atoms with Crippen molar-refractivity contribution in [3.8, 4) is 22.3 Å². The largest absolute Gasteiger partial charge is 0.353 e. The van der Waals surface area contributed by atoms with Crippen molar-refractivity contribution in [2.75, 3.05) is 6.54 Å². The highest BCUT2D eigenvalue weighted by atomic mass is 16.1. The van der Waals surface area contributed by atoms with Crippen LogP contribution in [0.1, 0.15) is 49.3 Å². The molecule has 2 heteroatoms. The van der Waals surface area contributed by atoms with Crippen LogP contribution in [0.15, 0.2) is 79.4 Å². The van der Waals surface area contributed by atoms with Gasteiger partial charge in [-0.2, -0.15) is 0 Å². The summed E-state index contributed by atoms with van der Waals surface area (Å²) in [6.07, 6.45) is 8.19. The van der Waals surface area contributed by atoms with E-state index in [0.29, 0.717) is 6.54 Å². The fourth-order valence-electron chi connectivity index (χ4n) is 4.04. The zero-order chi connectivity index (χ0) is 22.8. The number of unbranched alkanes of at least 4 members (excludes halogenated alkanes) is 2. The van der Waals surface area contributed by atoms with Crippen molar-refractivity contribution in [1.82, 2.24) is 5.32 Å². The Morgan fingerprint density at radius 1 is 0.812 bits per heavy atom. The summed E-state index contributed by atoms with van der Waals surface area (Å²) in [4.78, 5) is 11.2. The number of hydrogen-bond donors (Lipinski definition) is 1. The number of carbonyl (C=O) groups is 1. The highest BCUT2D eigenvalue weighted by Gasteiger charge is 2.06. The van der Waals surface area contributed by atoms with Gasteiger partial charge in [0.25, 0.3) is 0 Å². The smallest absolute Gasteiger partial charge is 0.243 e. The van der Waals surface area contributed by atoms with Crippen molar-refractivity contribution in [3.63, 3.8) is 0 Å². The Balaban J connectivity index is 1.62. The van der Waals surface area contributed by atoms with Crippen molar-refractivity contribution < 1.29 is 4.79 Å². The van der Waals surface area contributed by atoms with Crippen LogP contribution >= 0.6 is 0 Å². The molecule has 0 saturated heterocycles. The topological polar surface area (TPSA) is 29.1 Å². The van der Waals surface area contributed by atoms with Crippen molar-refractivity contribution in [1.29, 1.82) is 0 Å². The molecule has 166 valence electrons. The quantitative estimate of drug-likeness (QED) is 0.253. The molecule has 2 nitrogen and oxygen atoms in total. The lowest BCUT2D eigenvalue weighted by atomic mass is 9.94. The number of nitrogens with one attached hydrogen (secondary N) is 1. The van der Waals surface area contributed by atoms with E-state index >= 15 is 0 Å². The third-order valence-electron chi connectivity index (χ3n) is 5.97. The van der Waals surface area contributed by atoms with E-state index in [0.717, 1.165) is 12.8 Å². The van der Waals surface area contributed by atoms with Crippen LogP contribution in [-0.2, 0) is 17.6 Å². The van der Waals surface area contributed by atoms with Crippen LogP contribution in [0.2, 0.25) is 0 Å². The van der Waals surface area contributed by atoms with Crippen LogP contribution in [0.25, 0.3) is 22.3 Å². The molecule has 32 heavy (non-hydrogen) atoms. The van der Waals surface area contributed by atoms with Crippen molar-refractivity contribution >= 4 is 5.91 Å². The molecule has 0 aliphatic rings. The molecule has 0 heterocycles. The predicted octanol–water partition coefficient (Wildman–Crippen LogP) is 7.30. The molecule has 0 bridgehead atoms. The summed E-state index contributed by atoms with van der Waals surface area (Å²) in [6, 6.07) is 24.6. The minimum absolute atomic E-state index is 0.109. The van der Waals surface area contributed by atoms with Gasteiger partial charge in [0, 0.05) is 6.54 Å². The Morgan fingerprint density at radius 3 is 2.00 bits per heavy atom. The molecule has 3 rings (SSSR count). The monoisotopic (exact) mass is 425 g/mol. The SMILES string of the molecule is C=CC(=O)NCCCc1ccc(-c2ccc(-c3ccc(CCCCC)cc3)c(C)c2)cc1. The van der Waals surface area contributed by atoms with Crippen molar-refractivity contribution in [3.05, 3.63) is 96.1 Å². The van der Waals surface area contributed by atoms with Gasteiger partial charge in [-0.15, -0.1) is 0 Å². The second-order valence-corrected chi connectivity index (χ2v) is 8.48. The van der Waals surface area contributed by atoms with Gasteiger partial charge >= 0.3 is 0 Å². The van der Waals surface area contributed by atoms with E-state index in [4.69, 9.17) is 0 Å². The standard InChI is InChI=1S/C30H35NO/c1-4-6-7-9-24-13-17-27(18-14-24)29-20-19-28(22-23(29)3)26-15-11-25(12-16-26)10-8-21-31-30(32)5-2/h5,11-20,22H,2,4,6-10,21H2,1,3H3,(H,31,32). The molecule has 0 fully saturated rings. The first-order valence-electron chi connectivity index (χ1n) is 11.8. The zero-order valence-electron chi connectivity index (χ0n) is 19.5. The van der Waals surface area contributed by atoms with Gasteiger partial charge in [-0.1, -0.05) is 93.1 Å². The van der Waals surface area contributed by atoms with Gasteiger partial charge in [0.1, 0.15) is 0 Å². The van der Waals surface area contributed by atoms with Gasteiger partial charge in [-0.05, 0) is 77.6 Å². The molecule has 1 N–H and O–H groups in total. The number of rotatable bonds is 11. The van der Waals surface area contributed by atoms with E-state index in [1.807, 2.05) is 0 Å². The summed E-state index contributed by atoms with van der Waals surface area (Å²) in [6.45, 7) is 8.58. The summed E-state index contributed by atoms with van der Waals surface area (Å²) >= 11 is 0. The van der Waals surface area contributed by atoms with E-state index in [1.54, 1.807) is 0 Å². The molecule has 0 aliphatic heterocycles. The van der Waals surface area contributed by atoms with Gasteiger partial charge in [0.05, 0.1) is 0 Å². The van der Waals surface area contributed by atoms with Gasteiger partial charge in [-0.25, -0.2) is 0 Å². The predicted molar refractivity (Wildman–Crippen MR) is 137 cm³/mol. The van der Waals surface area contributed by atoms with Gasteiger partial charge in [0.15, 0.2) is 0 Å². The van der Waals surface area contributed by atoms with Crippen LogP contribution in [0.3, 0.4) is 0 Å². The first-order chi connectivity index (χ1) is 15.6. The minimum Gasteiger partial charge on any atom is -0.353 e. The lowest BCUT2D eigenvalue weighted by molar-refractivity contribution is -0.116. The fourth-order valence-corrected chi connectivity index (χ4v) is 4.04. The number of hydrogen-bond acceptors (Lipinski definition) is 1. The first-order valence-corrected chi connectivity index (χ1v) is 11.8. The lowest BCUT2D eigenvalue weighted by Gasteiger charge is -2.11. The number of benzene rings is 3. The lowest BCUT2D eigenvalue weighted by Crippen LogP contribution is -2.22. The number of carbonyl (C=O) groups excluding carboxylic acids is 1. The van der Waals surface area contributed by atoms with E-state index in [9.17, 15) is 4.79 Å². The molecule has 1 amide bonds. The Kier molecular flexibility index (Phi) is 8.86. The van der Waals surface area contributed by atoms with Crippen LogP contribution in [0, 0.1) is 6.92 Å². The molecule has 3 aromatic rings. The molecule has 3 aromatic carbocycles. The van der Waals surface area contributed by atoms with Gasteiger partial charge < -0.3 is 5.32 Å². The number of amides is 1. The van der Waals surface area contributed by atoms with Gasteiger partial charge in [-0.3, -0.25) is 4.79 Å². The molecule has 0 radical (unpaired) electrons. The van der Waals surface area contributed by atoms with Crippen molar-refractivity contribution in [2.45, 2.75) is 52.4 Å². The maximum absolute atomic E-state index is 11.2. The molecule has 0 aromatic heterocycles. The second-order valence-electron chi connectivity index (χ2n) is 8.48. The third kappa shape index (κ3) is 6.68. The first kappa shape index (κ1) is 23.5. The average molecular weight is 426 g/mol. The highest BCUT2D eigenvalue weighted by Crippen LogP contribution is 2.29. The van der Waals surface area contributed by atoms with Crippen LogP contribution in [0.5, 0.6) is 0 Å².